The zero-order valence-electron chi connectivity index (χ0n) is 22.9. The first-order valence-corrected chi connectivity index (χ1v) is 14.1. The van der Waals surface area contributed by atoms with E-state index in [1.54, 1.807) is 30.3 Å². The van der Waals surface area contributed by atoms with Crippen molar-refractivity contribution in [3.8, 4) is 11.7 Å². The van der Waals surface area contributed by atoms with Crippen molar-refractivity contribution >= 4 is 22.9 Å². The van der Waals surface area contributed by atoms with Crippen molar-refractivity contribution in [1.82, 2.24) is 29.8 Å². The average molecular weight is 565 g/mol. The van der Waals surface area contributed by atoms with Crippen molar-refractivity contribution in [3.05, 3.63) is 59.9 Å². The van der Waals surface area contributed by atoms with Crippen molar-refractivity contribution in [2.75, 3.05) is 36.5 Å². The van der Waals surface area contributed by atoms with Gasteiger partial charge >= 0.3 is 0 Å². The van der Waals surface area contributed by atoms with E-state index in [1.807, 2.05) is 23.1 Å². The predicted octanol–water partition coefficient (Wildman–Crippen LogP) is 4.76. The number of hydrogen-bond acceptors (Lipinski definition) is 9. The Balaban J connectivity index is 1.23. The van der Waals surface area contributed by atoms with Crippen molar-refractivity contribution in [1.29, 1.82) is 0 Å². The molecule has 3 heterocycles. The summed E-state index contributed by atoms with van der Waals surface area (Å²) >= 11 is 0. The van der Waals surface area contributed by atoms with Gasteiger partial charge in [0.05, 0.1) is 24.2 Å². The Labute approximate surface area is 236 Å². The van der Waals surface area contributed by atoms with Crippen LogP contribution in [0.5, 0.6) is 5.75 Å². The van der Waals surface area contributed by atoms with Crippen LogP contribution in [0.15, 0.2) is 48.5 Å². The van der Waals surface area contributed by atoms with E-state index >= 15 is 0 Å². The smallest absolute Gasteiger partial charge is 0.296 e. The summed E-state index contributed by atoms with van der Waals surface area (Å²) in [5.41, 5.74) is 1.85. The molecule has 0 amide bonds. The van der Waals surface area contributed by atoms with E-state index in [1.165, 1.54) is 4.57 Å². The molecule has 2 aromatic heterocycles. The Morgan fingerprint density at radius 2 is 1.56 bits per heavy atom. The maximum absolute atomic E-state index is 14.1. The van der Waals surface area contributed by atoms with Crippen LogP contribution in [0, 0.1) is 0 Å². The van der Waals surface area contributed by atoms with Crippen molar-refractivity contribution in [3.63, 3.8) is 0 Å². The van der Waals surface area contributed by atoms with Crippen LogP contribution in [0.1, 0.15) is 56.5 Å². The molecule has 2 fully saturated rings. The lowest BCUT2D eigenvalue weighted by Crippen LogP contribution is -2.39. The Kier molecular flexibility index (Phi) is 7.93. The molecule has 0 radical (unpaired) electrons. The highest BCUT2D eigenvalue weighted by Crippen LogP contribution is 2.30. The van der Waals surface area contributed by atoms with Crippen LogP contribution in [0.4, 0.5) is 20.7 Å². The number of alkyl halides is 2. The first-order valence-electron chi connectivity index (χ1n) is 14.1. The number of morpholine rings is 1. The largest absolute Gasteiger partial charge is 0.508 e. The summed E-state index contributed by atoms with van der Waals surface area (Å²) in [5, 5.41) is 17.3. The average Bonchev–Trinajstić information content (AvgIpc) is 3.39. The third-order valence-corrected chi connectivity index (χ3v) is 7.84. The molecule has 1 aliphatic heterocycles. The van der Waals surface area contributed by atoms with Crippen LogP contribution in [-0.2, 0) is 4.74 Å². The number of rotatable bonds is 8. The number of phenolic OH excluding ortho intramolecular Hbond substituents is 1. The SMILES string of the molecule is CC(N[C@H]1CC[C@H](Nc2nc(N3CCOCC3)nc(-n3c(C(F)F)nc4ccccc43)n2)CC1)c1ccccc1O. The summed E-state index contributed by atoms with van der Waals surface area (Å²) in [6, 6.07) is 14.9. The van der Waals surface area contributed by atoms with E-state index in [0.717, 1.165) is 31.2 Å². The predicted molar refractivity (Wildman–Crippen MR) is 152 cm³/mol. The second kappa shape index (κ2) is 11.9. The highest BCUT2D eigenvalue weighted by Gasteiger charge is 2.27. The number of phenols is 1. The third kappa shape index (κ3) is 5.94. The molecule has 41 heavy (non-hydrogen) atoms. The van der Waals surface area contributed by atoms with Gasteiger partial charge in [0.25, 0.3) is 6.43 Å². The Hall–Kier alpha value is -3.90. The lowest BCUT2D eigenvalue weighted by atomic mass is 9.90. The van der Waals surface area contributed by atoms with Gasteiger partial charge < -0.3 is 25.4 Å². The molecule has 6 rings (SSSR count). The molecule has 0 bridgehead atoms. The van der Waals surface area contributed by atoms with Crippen LogP contribution in [0.3, 0.4) is 0 Å². The molecule has 216 valence electrons. The van der Waals surface area contributed by atoms with Gasteiger partial charge in [-0.3, -0.25) is 4.57 Å². The summed E-state index contributed by atoms with van der Waals surface area (Å²) in [6.07, 6.45) is 0.840. The summed E-state index contributed by atoms with van der Waals surface area (Å²) in [5.74, 6) is 0.783. The fourth-order valence-corrected chi connectivity index (χ4v) is 5.71. The highest BCUT2D eigenvalue weighted by molar-refractivity contribution is 5.77. The third-order valence-electron chi connectivity index (χ3n) is 7.84. The zero-order valence-corrected chi connectivity index (χ0v) is 22.9. The van der Waals surface area contributed by atoms with E-state index in [4.69, 9.17) is 9.72 Å². The molecule has 12 heteroatoms. The highest BCUT2D eigenvalue weighted by atomic mass is 19.3. The number of nitrogens with one attached hydrogen (secondary N) is 2. The summed E-state index contributed by atoms with van der Waals surface area (Å²) in [6.45, 7) is 4.33. The first kappa shape index (κ1) is 27.3. The summed E-state index contributed by atoms with van der Waals surface area (Å²) < 4.78 is 35.1. The van der Waals surface area contributed by atoms with E-state index in [-0.39, 0.29) is 18.0 Å². The van der Waals surface area contributed by atoms with Crippen LogP contribution < -0.4 is 15.5 Å². The Bertz CT molecular complexity index is 1480. The maximum Gasteiger partial charge on any atom is 0.296 e. The molecular formula is C29H34F2N8O2. The van der Waals surface area contributed by atoms with Crippen LogP contribution in [-0.4, -0.2) is 68.0 Å². The van der Waals surface area contributed by atoms with Crippen molar-refractivity contribution in [2.45, 2.75) is 57.2 Å². The van der Waals surface area contributed by atoms with Crippen molar-refractivity contribution < 1.29 is 18.6 Å². The molecule has 10 nitrogen and oxygen atoms in total. The molecular weight excluding hydrogens is 530 g/mol. The molecule has 3 N–H and O–H groups in total. The normalized spacial score (nSPS) is 20.4. The zero-order chi connectivity index (χ0) is 28.3. The number of aromatic hydroxyl groups is 1. The number of benzene rings is 2. The number of para-hydroxylation sites is 3. The molecule has 1 saturated heterocycles. The van der Waals surface area contributed by atoms with E-state index in [2.05, 4.69) is 32.5 Å². The minimum absolute atomic E-state index is 0.0295. The van der Waals surface area contributed by atoms with Crippen LogP contribution >= 0.6 is 0 Å². The lowest BCUT2D eigenvalue weighted by molar-refractivity contribution is 0.122. The van der Waals surface area contributed by atoms with Gasteiger partial charge in [-0.25, -0.2) is 13.8 Å². The first-order chi connectivity index (χ1) is 20.0. The van der Waals surface area contributed by atoms with Crippen LogP contribution in [0.2, 0.25) is 0 Å². The minimum Gasteiger partial charge on any atom is -0.508 e. The monoisotopic (exact) mass is 564 g/mol. The minimum atomic E-state index is -2.80. The Morgan fingerprint density at radius 3 is 2.32 bits per heavy atom. The molecule has 1 unspecified atom stereocenters. The maximum atomic E-state index is 14.1. The Morgan fingerprint density at radius 1 is 0.878 bits per heavy atom. The second-order valence-electron chi connectivity index (χ2n) is 10.6. The molecule has 0 spiro atoms. The van der Waals surface area contributed by atoms with Crippen molar-refractivity contribution in [2.24, 2.45) is 0 Å². The standard InChI is InChI=1S/C29H34F2N8O2/c1-18(21-6-2-5-9-24(21)40)32-19-10-12-20(13-11-19)33-27-35-28(38-14-16-41-17-15-38)37-29(36-27)39-23-8-4-3-7-22(23)34-26(39)25(30)31/h2-9,18-20,25,32,40H,10-17H2,1H3,(H,33,35,36,37)/t18?,19-,20-. The number of ether oxygens (including phenoxy) is 1. The van der Waals surface area contributed by atoms with Gasteiger partial charge in [0, 0.05) is 36.8 Å². The number of nitrogens with zero attached hydrogens (tertiary/aromatic N) is 6. The molecule has 2 aliphatic rings. The fourth-order valence-electron chi connectivity index (χ4n) is 5.71. The number of aromatic nitrogens is 5. The van der Waals surface area contributed by atoms with Gasteiger partial charge in [0.15, 0.2) is 5.82 Å². The quantitative estimate of drug-likeness (QED) is 0.279. The molecule has 1 aliphatic carbocycles. The summed E-state index contributed by atoms with van der Waals surface area (Å²) in [7, 11) is 0. The number of fused-ring (bicyclic) bond motifs is 1. The number of imidazole rings is 1. The number of anilines is 2. The lowest BCUT2D eigenvalue weighted by Gasteiger charge is -2.32. The number of halogens is 2. The van der Waals surface area contributed by atoms with Gasteiger partial charge in [-0.1, -0.05) is 30.3 Å². The van der Waals surface area contributed by atoms with E-state index in [9.17, 15) is 13.9 Å². The summed E-state index contributed by atoms with van der Waals surface area (Å²) in [4.78, 5) is 20.1. The van der Waals surface area contributed by atoms with Gasteiger partial charge in [0.1, 0.15) is 5.75 Å². The van der Waals surface area contributed by atoms with E-state index in [0.29, 0.717) is 61.0 Å². The van der Waals surface area contributed by atoms with Gasteiger partial charge in [-0.2, -0.15) is 15.0 Å². The van der Waals surface area contributed by atoms with Gasteiger partial charge in [-0.05, 0) is 50.8 Å². The molecule has 1 atom stereocenters. The fraction of sp³-hybridized carbons (Fsp3) is 0.448. The second-order valence-corrected chi connectivity index (χ2v) is 10.6. The molecule has 4 aromatic rings. The molecule has 1 saturated carbocycles. The number of hydrogen-bond donors (Lipinski definition) is 3. The van der Waals surface area contributed by atoms with Gasteiger partial charge in [-0.15, -0.1) is 0 Å². The molecule has 2 aromatic carbocycles. The van der Waals surface area contributed by atoms with Crippen LogP contribution in [0.25, 0.3) is 17.0 Å². The van der Waals surface area contributed by atoms with Gasteiger partial charge in [0.2, 0.25) is 17.8 Å². The topological polar surface area (TPSA) is 113 Å². The van der Waals surface area contributed by atoms with E-state index < -0.39 is 12.2 Å².